The quantitative estimate of drug-likeness (QED) is 0.749. The Labute approximate surface area is 127 Å². The van der Waals surface area contributed by atoms with Crippen LogP contribution in [0.2, 0.25) is 0 Å². The summed E-state index contributed by atoms with van der Waals surface area (Å²) in [6.07, 6.45) is -0.139. The van der Waals surface area contributed by atoms with E-state index in [0.717, 1.165) is 26.3 Å². The lowest BCUT2D eigenvalue weighted by Gasteiger charge is -2.35. The van der Waals surface area contributed by atoms with Gasteiger partial charge in [-0.05, 0) is 20.8 Å². The molecular formula is C13H27N3O4S. The first-order chi connectivity index (χ1) is 9.87. The molecule has 2 aliphatic heterocycles. The van der Waals surface area contributed by atoms with Gasteiger partial charge >= 0.3 is 0 Å². The Morgan fingerprint density at radius 1 is 1.19 bits per heavy atom. The maximum atomic E-state index is 12.4. The fraction of sp³-hybridized carbons (Fsp3) is 1.00. The topological polar surface area (TPSA) is 71.1 Å². The van der Waals surface area contributed by atoms with Crippen LogP contribution in [0.1, 0.15) is 20.8 Å². The first-order valence-corrected chi connectivity index (χ1v) is 9.04. The molecule has 21 heavy (non-hydrogen) atoms. The van der Waals surface area contributed by atoms with Gasteiger partial charge in [-0.25, -0.2) is 0 Å². The number of rotatable bonds is 5. The lowest BCUT2D eigenvalue weighted by Crippen LogP contribution is -2.55. The van der Waals surface area contributed by atoms with Gasteiger partial charge in [-0.2, -0.15) is 17.4 Å². The molecule has 0 unspecified atom stereocenters. The second-order valence-corrected chi connectivity index (χ2v) is 7.71. The van der Waals surface area contributed by atoms with Crippen LogP contribution >= 0.6 is 0 Å². The molecule has 0 aromatic carbocycles. The van der Waals surface area contributed by atoms with E-state index >= 15 is 0 Å². The summed E-state index contributed by atoms with van der Waals surface area (Å²) >= 11 is 0. The van der Waals surface area contributed by atoms with E-state index in [9.17, 15) is 8.42 Å². The summed E-state index contributed by atoms with van der Waals surface area (Å²) < 4.78 is 40.0. The Morgan fingerprint density at radius 3 is 2.33 bits per heavy atom. The Balaban J connectivity index is 1.87. The van der Waals surface area contributed by atoms with Gasteiger partial charge in [0.05, 0.1) is 25.4 Å². The fourth-order valence-corrected chi connectivity index (χ4v) is 4.41. The molecule has 2 aliphatic rings. The molecule has 2 saturated heterocycles. The van der Waals surface area contributed by atoms with Gasteiger partial charge < -0.3 is 9.47 Å². The minimum Gasteiger partial charge on any atom is -0.379 e. The fourth-order valence-electron chi connectivity index (χ4n) is 2.86. The molecule has 1 N–H and O–H groups in total. The van der Waals surface area contributed by atoms with E-state index in [-0.39, 0.29) is 18.2 Å². The van der Waals surface area contributed by atoms with E-state index in [0.29, 0.717) is 19.6 Å². The highest BCUT2D eigenvalue weighted by Gasteiger charge is 2.32. The van der Waals surface area contributed by atoms with Gasteiger partial charge in [0.15, 0.2) is 0 Å². The van der Waals surface area contributed by atoms with Crippen molar-refractivity contribution in [1.82, 2.24) is 13.9 Å². The van der Waals surface area contributed by atoms with Crippen molar-refractivity contribution >= 4 is 10.2 Å². The number of hydrogen-bond donors (Lipinski definition) is 1. The summed E-state index contributed by atoms with van der Waals surface area (Å²) in [7, 11) is -3.45. The molecule has 0 radical (unpaired) electrons. The van der Waals surface area contributed by atoms with Gasteiger partial charge in [0.1, 0.15) is 0 Å². The standard InChI is InChI=1S/C13H27N3O4S/c1-11(8-15-4-6-19-7-5-15)14-21(17,18)16-9-12(2)20-13(3)10-16/h11-14H,4-10H2,1-3H3/t11-,12-,13-/m1/s1. The molecule has 2 heterocycles. The lowest BCUT2D eigenvalue weighted by atomic mass is 10.3. The van der Waals surface area contributed by atoms with E-state index < -0.39 is 10.2 Å². The van der Waals surface area contributed by atoms with Gasteiger partial charge in [-0.15, -0.1) is 0 Å². The van der Waals surface area contributed by atoms with Crippen LogP contribution in [0.15, 0.2) is 0 Å². The number of morpholine rings is 2. The molecule has 7 nitrogen and oxygen atoms in total. The number of ether oxygens (including phenoxy) is 2. The van der Waals surface area contributed by atoms with Crippen LogP contribution in [0.25, 0.3) is 0 Å². The highest BCUT2D eigenvalue weighted by Crippen LogP contribution is 2.14. The third-order valence-corrected chi connectivity index (χ3v) is 5.39. The maximum Gasteiger partial charge on any atom is 0.279 e. The molecule has 0 saturated carbocycles. The summed E-state index contributed by atoms with van der Waals surface area (Å²) in [4.78, 5) is 2.22. The molecule has 2 rings (SSSR count). The molecule has 0 amide bonds. The van der Waals surface area contributed by atoms with Crippen LogP contribution in [0.3, 0.4) is 0 Å². The van der Waals surface area contributed by atoms with E-state index in [1.165, 1.54) is 4.31 Å². The molecule has 0 aromatic heterocycles. The van der Waals surface area contributed by atoms with Gasteiger partial charge in [0, 0.05) is 38.8 Å². The molecule has 124 valence electrons. The molecular weight excluding hydrogens is 294 g/mol. The maximum absolute atomic E-state index is 12.4. The molecule has 0 bridgehead atoms. The van der Waals surface area contributed by atoms with Crippen molar-refractivity contribution in [2.45, 2.75) is 39.0 Å². The monoisotopic (exact) mass is 321 g/mol. The molecule has 3 atom stereocenters. The average Bonchev–Trinajstić information content (AvgIpc) is 2.37. The average molecular weight is 321 g/mol. The minimum absolute atomic E-state index is 0.0696. The highest BCUT2D eigenvalue weighted by molar-refractivity contribution is 7.87. The third-order valence-electron chi connectivity index (χ3n) is 3.71. The summed E-state index contributed by atoms with van der Waals surface area (Å²) in [6, 6.07) is -0.124. The van der Waals surface area contributed by atoms with Crippen molar-refractivity contribution in [1.29, 1.82) is 0 Å². The number of nitrogens with zero attached hydrogens (tertiary/aromatic N) is 2. The summed E-state index contributed by atoms with van der Waals surface area (Å²) in [5.74, 6) is 0. The van der Waals surface area contributed by atoms with Crippen molar-refractivity contribution in [3.05, 3.63) is 0 Å². The first kappa shape index (κ1) is 17.1. The summed E-state index contributed by atoms with van der Waals surface area (Å²) in [5, 5.41) is 0. The first-order valence-electron chi connectivity index (χ1n) is 7.60. The highest BCUT2D eigenvalue weighted by atomic mass is 32.2. The van der Waals surface area contributed by atoms with Crippen LogP contribution < -0.4 is 4.72 Å². The Bertz CT molecular complexity index is 415. The largest absolute Gasteiger partial charge is 0.379 e. The predicted octanol–water partition coefficient (Wildman–Crippen LogP) is -0.349. The van der Waals surface area contributed by atoms with Gasteiger partial charge in [-0.3, -0.25) is 4.90 Å². The SMILES string of the molecule is C[C@H](CN1CCOCC1)NS(=O)(=O)N1C[C@@H](C)O[C@H](C)C1. The van der Waals surface area contributed by atoms with Gasteiger partial charge in [-0.1, -0.05) is 0 Å². The van der Waals surface area contributed by atoms with Gasteiger partial charge in [0.2, 0.25) is 0 Å². The van der Waals surface area contributed by atoms with E-state index in [1.54, 1.807) is 0 Å². The molecule has 0 aliphatic carbocycles. The van der Waals surface area contributed by atoms with Crippen molar-refractivity contribution in [2.24, 2.45) is 0 Å². The zero-order valence-electron chi connectivity index (χ0n) is 13.1. The number of hydrogen-bond acceptors (Lipinski definition) is 5. The van der Waals surface area contributed by atoms with Crippen LogP contribution in [0.4, 0.5) is 0 Å². The lowest BCUT2D eigenvalue weighted by molar-refractivity contribution is -0.0445. The Hall–Kier alpha value is -0.250. The van der Waals surface area contributed by atoms with Crippen LogP contribution in [-0.4, -0.2) is 81.8 Å². The zero-order chi connectivity index (χ0) is 15.5. The molecule has 0 spiro atoms. The van der Waals surface area contributed by atoms with Crippen molar-refractivity contribution in [3.63, 3.8) is 0 Å². The molecule has 8 heteroatoms. The smallest absolute Gasteiger partial charge is 0.279 e. The van der Waals surface area contributed by atoms with Crippen LogP contribution in [0, 0.1) is 0 Å². The second kappa shape index (κ2) is 7.34. The van der Waals surface area contributed by atoms with E-state index in [4.69, 9.17) is 9.47 Å². The van der Waals surface area contributed by atoms with E-state index in [2.05, 4.69) is 9.62 Å². The number of nitrogens with one attached hydrogen (secondary N) is 1. The van der Waals surface area contributed by atoms with Gasteiger partial charge in [0.25, 0.3) is 10.2 Å². The summed E-state index contributed by atoms with van der Waals surface area (Å²) in [6.45, 7) is 10.4. The zero-order valence-corrected chi connectivity index (χ0v) is 13.9. The third kappa shape index (κ3) is 5.15. The van der Waals surface area contributed by atoms with Crippen LogP contribution in [-0.2, 0) is 19.7 Å². The minimum atomic E-state index is -3.45. The predicted molar refractivity (Wildman–Crippen MR) is 80.4 cm³/mol. The molecule has 0 aromatic rings. The van der Waals surface area contributed by atoms with E-state index in [1.807, 2.05) is 20.8 Å². The second-order valence-electron chi connectivity index (χ2n) is 6.01. The van der Waals surface area contributed by atoms with Crippen molar-refractivity contribution in [3.8, 4) is 0 Å². The molecule has 2 fully saturated rings. The summed E-state index contributed by atoms with van der Waals surface area (Å²) in [5.41, 5.74) is 0. The van der Waals surface area contributed by atoms with Crippen molar-refractivity contribution < 1.29 is 17.9 Å². The Morgan fingerprint density at radius 2 is 1.76 bits per heavy atom. The Kier molecular flexibility index (Phi) is 5.98. The van der Waals surface area contributed by atoms with Crippen molar-refractivity contribution in [2.75, 3.05) is 45.9 Å². The normalized spacial score (nSPS) is 31.2. The van der Waals surface area contributed by atoms with Crippen LogP contribution in [0.5, 0.6) is 0 Å².